The summed E-state index contributed by atoms with van der Waals surface area (Å²) in [4.78, 5) is 27.1. The zero-order chi connectivity index (χ0) is 27.2. The Morgan fingerprint density at radius 2 is 2.13 bits per heavy atom. The average molecular weight is 541 g/mol. The number of aromatic nitrogens is 5. The van der Waals surface area contributed by atoms with Crippen LogP contribution in [-0.2, 0) is 17.6 Å². The topological polar surface area (TPSA) is 121 Å². The number of hydrogen-bond acceptors (Lipinski definition) is 8. The SMILES string of the molecule is O=C(O)C(CCN(CCCCc1ccc2c(n1)NCCC2)C1CC(F)(F)C1)Nc1cc(-n2cccn2)ncn1. The Morgan fingerprint density at radius 1 is 1.26 bits per heavy atom. The second-order valence-electron chi connectivity index (χ2n) is 10.3. The molecule has 1 aliphatic heterocycles. The number of nitrogens with zero attached hydrogens (tertiary/aromatic N) is 6. The van der Waals surface area contributed by atoms with E-state index in [1.807, 2.05) is 4.90 Å². The first-order valence-electron chi connectivity index (χ1n) is 13.5. The third kappa shape index (κ3) is 7.05. The number of alkyl halides is 2. The summed E-state index contributed by atoms with van der Waals surface area (Å²) < 4.78 is 28.9. The third-order valence-corrected chi connectivity index (χ3v) is 7.38. The molecule has 1 saturated carbocycles. The van der Waals surface area contributed by atoms with Crippen LogP contribution in [0.15, 0.2) is 43.0 Å². The maximum absolute atomic E-state index is 13.7. The van der Waals surface area contributed by atoms with Crippen LogP contribution in [0.25, 0.3) is 5.82 Å². The van der Waals surface area contributed by atoms with Gasteiger partial charge < -0.3 is 15.7 Å². The molecular weight excluding hydrogens is 506 g/mol. The van der Waals surface area contributed by atoms with Crippen molar-refractivity contribution in [2.75, 3.05) is 30.3 Å². The number of aliphatic carboxylic acids is 1. The maximum atomic E-state index is 13.7. The van der Waals surface area contributed by atoms with Crippen LogP contribution < -0.4 is 10.6 Å². The van der Waals surface area contributed by atoms with Gasteiger partial charge >= 0.3 is 5.97 Å². The number of nitrogens with one attached hydrogen (secondary N) is 2. The summed E-state index contributed by atoms with van der Waals surface area (Å²) in [6, 6.07) is 6.42. The fraction of sp³-hybridized carbons (Fsp3) is 0.519. The number of unbranched alkanes of at least 4 members (excludes halogenated alkanes) is 1. The van der Waals surface area contributed by atoms with Crippen LogP contribution in [0.5, 0.6) is 0 Å². The van der Waals surface area contributed by atoms with Gasteiger partial charge in [0, 0.05) is 56.1 Å². The molecule has 0 bridgehead atoms. The van der Waals surface area contributed by atoms with Crippen molar-refractivity contribution in [3.05, 3.63) is 54.2 Å². The summed E-state index contributed by atoms with van der Waals surface area (Å²) in [5.41, 5.74) is 2.28. The van der Waals surface area contributed by atoms with E-state index in [9.17, 15) is 18.7 Å². The van der Waals surface area contributed by atoms with Gasteiger partial charge in [-0.2, -0.15) is 5.10 Å². The molecule has 5 rings (SSSR count). The Morgan fingerprint density at radius 3 is 2.90 bits per heavy atom. The monoisotopic (exact) mass is 540 g/mol. The maximum Gasteiger partial charge on any atom is 0.326 e. The van der Waals surface area contributed by atoms with Crippen LogP contribution in [0, 0.1) is 0 Å². The molecule has 3 N–H and O–H groups in total. The Balaban J connectivity index is 1.16. The van der Waals surface area contributed by atoms with E-state index in [0.29, 0.717) is 24.7 Å². The number of pyridine rings is 1. The van der Waals surface area contributed by atoms with Crippen molar-refractivity contribution in [1.82, 2.24) is 29.6 Å². The van der Waals surface area contributed by atoms with E-state index in [-0.39, 0.29) is 25.3 Å². The van der Waals surface area contributed by atoms with E-state index < -0.39 is 17.9 Å². The predicted octanol–water partition coefficient (Wildman–Crippen LogP) is 3.79. The molecule has 3 aromatic heterocycles. The smallest absolute Gasteiger partial charge is 0.326 e. The molecule has 10 nitrogen and oxygen atoms in total. The molecule has 208 valence electrons. The summed E-state index contributed by atoms with van der Waals surface area (Å²) in [6.07, 6.45) is 9.24. The van der Waals surface area contributed by atoms with Crippen molar-refractivity contribution in [2.24, 2.45) is 0 Å². The number of anilines is 2. The van der Waals surface area contributed by atoms with Crippen molar-refractivity contribution in [1.29, 1.82) is 0 Å². The molecule has 1 aliphatic carbocycles. The Kier molecular flexibility index (Phi) is 8.30. The van der Waals surface area contributed by atoms with Gasteiger partial charge in [0.1, 0.15) is 24.0 Å². The molecule has 1 fully saturated rings. The molecular formula is C27H34F2N8O2. The van der Waals surface area contributed by atoms with Gasteiger partial charge in [0.2, 0.25) is 0 Å². The zero-order valence-corrected chi connectivity index (χ0v) is 21.8. The molecule has 1 atom stereocenters. The Labute approximate surface area is 225 Å². The molecule has 0 aromatic carbocycles. The molecule has 39 heavy (non-hydrogen) atoms. The molecule has 0 spiro atoms. The highest BCUT2D eigenvalue weighted by atomic mass is 19.3. The van der Waals surface area contributed by atoms with Crippen LogP contribution in [0.4, 0.5) is 20.4 Å². The summed E-state index contributed by atoms with van der Waals surface area (Å²) in [7, 11) is 0. The average Bonchev–Trinajstić information content (AvgIpc) is 3.46. The van der Waals surface area contributed by atoms with Crippen LogP contribution in [0.2, 0.25) is 0 Å². The lowest BCUT2D eigenvalue weighted by atomic mass is 9.86. The fourth-order valence-corrected chi connectivity index (χ4v) is 5.18. The highest BCUT2D eigenvalue weighted by Crippen LogP contribution is 2.40. The van der Waals surface area contributed by atoms with Crippen molar-refractivity contribution in [2.45, 2.75) is 69.4 Å². The summed E-state index contributed by atoms with van der Waals surface area (Å²) in [5, 5.41) is 20.3. The highest BCUT2D eigenvalue weighted by Gasteiger charge is 2.47. The third-order valence-electron chi connectivity index (χ3n) is 7.38. The summed E-state index contributed by atoms with van der Waals surface area (Å²) in [5.74, 6) is -1.83. The number of carboxylic acid groups (broad SMARTS) is 1. The van der Waals surface area contributed by atoms with Gasteiger partial charge in [-0.05, 0) is 62.8 Å². The molecule has 0 radical (unpaired) electrons. The van der Waals surface area contributed by atoms with Gasteiger partial charge in [-0.1, -0.05) is 6.07 Å². The van der Waals surface area contributed by atoms with Gasteiger partial charge in [-0.15, -0.1) is 0 Å². The van der Waals surface area contributed by atoms with Crippen molar-refractivity contribution in [3.63, 3.8) is 0 Å². The predicted molar refractivity (Wildman–Crippen MR) is 142 cm³/mol. The van der Waals surface area contributed by atoms with Gasteiger partial charge in [-0.3, -0.25) is 4.90 Å². The first-order chi connectivity index (χ1) is 18.9. The molecule has 0 amide bonds. The molecule has 3 aromatic rings. The number of fused-ring (bicyclic) bond motifs is 1. The number of carboxylic acids is 1. The van der Waals surface area contributed by atoms with Gasteiger partial charge in [0.05, 0.1) is 0 Å². The first-order valence-corrected chi connectivity index (χ1v) is 13.5. The number of rotatable bonds is 13. The highest BCUT2D eigenvalue weighted by molar-refractivity contribution is 5.76. The second kappa shape index (κ2) is 12.0. The number of carbonyl (C=O) groups is 1. The minimum Gasteiger partial charge on any atom is -0.480 e. The van der Waals surface area contributed by atoms with Crippen LogP contribution >= 0.6 is 0 Å². The lowest BCUT2D eigenvalue weighted by Gasteiger charge is -2.43. The summed E-state index contributed by atoms with van der Waals surface area (Å²) in [6.45, 7) is 1.97. The quantitative estimate of drug-likeness (QED) is 0.278. The molecule has 4 heterocycles. The lowest BCUT2D eigenvalue weighted by molar-refractivity contribution is -0.139. The minimum atomic E-state index is -2.64. The minimum absolute atomic E-state index is 0.185. The van der Waals surface area contributed by atoms with Crippen LogP contribution in [0.3, 0.4) is 0 Å². The lowest BCUT2D eigenvalue weighted by Crippen LogP contribution is -2.52. The fourth-order valence-electron chi connectivity index (χ4n) is 5.18. The van der Waals surface area contributed by atoms with Gasteiger partial charge in [0.15, 0.2) is 5.82 Å². The number of halogens is 2. The Hall–Kier alpha value is -3.67. The van der Waals surface area contributed by atoms with Crippen LogP contribution in [0.1, 0.15) is 49.8 Å². The number of hydrogen-bond donors (Lipinski definition) is 3. The standard InChI is InChI=1S/C27H34F2N8O2/c28-27(29)16-21(17-27)36(12-2-1-6-20-8-7-19-5-3-10-30-25(19)34-20)14-9-22(26(38)39)35-23-15-24(32-18-31-23)37-13-4-11-33-37/h4,7-8,11,13,15,18,21-22H,1-3,5-6,9-10,12,14,16-17H2,(H,30,34)(H,38,39)(H,31,32,35). The van der Waals surface area contributed by atoms with E-state index in [4.69, 9.17) is 4.98 Å². The molecule has 2 aliphatic rings. The van der Waals surface area contributed by atoms with E-state index in [1.54, 1.807) is 29.2 Å². The van der Waals surface area contributed by atoms with E-state index in [0.717, 1.165) is 50.2 Å². The Bertz CT molecular complexity index is 1250. The van der Waals surface area contributed by atoms with E-state index in [2.05, 4.69) is 37.8 Å². The molecule has 0 saturated heterocycles. The zero-order valence-electron chi connectivity index (χ0n) is 21.8. The van der Waals surface area contributed by atoms with Gasteiger partial charge in [-0.25, -0.2) is 33.2 Å². The second-order valence-corrected chi connectivity index (χ2v) is 10.3. The largest absolute Gasteiger partial charge is 0.480 e. The summed E-state index contributed by atoms with van der Waals surface area (Å²) >= 11 is 0. The van der Waals surface area contributed by atoms with Crippen molar-refractivity contribution < 1.29 is 18.7 Å². The van der Waals surface area contributed by atoms with Crippen LogP contribution in [-0.4, -0.2) is 78.3 Å². The van der Waals surface area contributed by atoms with Crippen molar-refractivity contribution in [3.8, 4) is 5.82 Å². The van der Waals surface area contributed by atoms with Gasteiger partial charge in [0.25, 0.3) is 5.92 Å². The first kappa shape index (κ1) is 26.9. The normalized spacial score (nSPS) is 17.2. The van der Waals surface area contributed by atoms with Crippen molar-refractivity contribution >= 4 is 17.6 Å². The molecule has 1 unspecified atom stereocenters. The van der Waals surface area contributed by atoms with E-state index in [1.165, 1.54) is 11.9 Å². The molecule has 12 heteroatoms. The number of aryl methyl sites for hydroxylation is 2. The van der Waals surface area contributed by atoms with E-state index >= 15 is 0 Å².